The molecule has 3 nitrogen and oxygen atoms in total. The van der Waals surface area contributed by atoms with Crippen LogP contribution in [0.25, 0.3) is 0 Å². The Labute approximate surface area is 81.7 Å². The minimum Gasteiger partial charge on any atom is -0.461 e. The van der Waals surface area contributed by atoms with E-state index in [0.29, 0.717) is 11.8 Å². The molecule has 4 heteroatoms. The number of carbonyl (C=O) groups is 1. The first-order valence-corrected chi connectivity index (χ1v) is 4.41. The van der Waals surface area contributed by atoms with E-state index >= 15 is 0 Å². The second-order valence-corrected chi connectivity index (χ2v) is 2.87. The monoisotopic (exact) mass is 199 g/mol. The molecule has 0 unspecified atom stereocenters. The van der Waals surface area contributed by atoms with Gasteiger partial charge in [0.05, 0.1) is 6.61 Å². The third-order valence-electron chi connectivity index (χ3n) is 1.36. The number of hydrogen-bond donors (Lipinski definition) is 0. The fourth-order valence-corrected chi connectivity index (χ4v) is 0.954. The van der Waals surface area contributed by atoms with E-state index in [1.807, 2.05) is 6.92 Å². The van der Waals surface area contributed by atoms with Crippen LogP contribution >= 0.6 is 11.6 Å². The van der Waals surface area contributed by atoms with E-state index in [1.54, 1.807) is 18.2 Å². The number of esters is 1. The minimum atomic E-state index is -0.427. The fourth-order valence-electron chi connectivity index (χ4n) is 0.791. The summed E-state index contributed by atoms with van der Waals surface area (Å²) in [5, 5.41) is 0.297. The van der Waals surface area contributed by atoms with Crippen molar-refractivity contribution in [3.63, 3.8) is 0 Å². The predicted molar refractivity (Wildman–Crippen MR) is 49.8 cm³/mol. The number of hydrogen-bond acceptors (Lipinski definition) is 3. The van der Waals surface area contributed by atoms with Crippen LogP contribution in [-0.2, 0) is 4.74 Å². The highest BCUT2D eigenvalue weighted by Crippen LogP contribution is 2.06. The van der Waals surface area contributed by atoms with Crippen LogP contribution in [0, 0.1) is 0 Å². The van der Waals surface area contributed by atoms with Gasteiger partial charge in [0, 0.05) is 0 Å². The molecule has 0 aliphatic heterocycles. The van der Waals surface area contributed by atoms with Gasteiger partial charge in [0.2, 0.25) is 0 Å². The number of nitrogens with zero attached hydrogens (tertiary/aromatic N) is 1. The van der Waals surface area contributed by atoms with Gasteiger partial charge < -0.3 is 4.74 Å². The van der Waals surface area contributed by atoms with E-state index in [1.165, 1.54) is 0 Å². The number of pyridine rings is 1. The average Bonchev–Trinajstić information content (AvgIpc) is 2.14. The zero-order chi connectivity index (χ0) is 9.68. The Hall–Kier alpha value is -1.09. The summed E-state index contributed by atoms with van der Waals surface area (Å²) in [6, 6.07) is 4.85. The van der Waals surface area contributed by atoms with Crippen LogP contribution in [0.2, 0.25) is 5.15 Å². The second kappa shape index (κ2) is 4.82. The van der Waals surface area contributed by atoms with Crippen molar-refractivity contribution in [2.75, 3.05) is 6.61 Å². The molecule has 0 saturated carbocycles. The number of ether oxygens (including phenoxy) is 1. The van der Waals surface area contributed by atoms with Gasteiger partial charge in [-0.05, 0) is 18.6 Å². The Morgan fingerprint density at radius 2 is 2.38 bits per heavy atom. The van der Waals surface area contributed by atoms with Crippen molar-refractivity contribution in [2.24, 2.45) is 0 Å². The molecular weight excluding hydrogens is 190 g/mol. The fraction of sp³-hybridized carbons (Fsp3) is 0.333. The lowest BCUT2D eigenvalue weighted by Gasteiger charge is -2.01. The maximum atomic E-state index is 11.2. The summed E-state index contributed by atoms with van der Waals surface area (Å²) in [5.74, 6) is -0.427. The summed E-state index contributed by atoms with van der Waals surface area (Å²) < 4.78 is 4.87. The predicted octanol–water partition coefficient (Wildman–Crippen LogP) is 2.30. The molecule has 0 saturated heterocycles. The lowest BCUT2D eigenvalue weighted by molar-refractivity contribution is 0.0498. The summed E-state index contributed by atoms with van der Waals surface area (Å²) in [4.78, 5) is 15.0. The lowest BCUT2D eigenvalue weighted by atomic mass is 10.3. The van der Waals surface area contributed by atoms with Crippen LogP contribution in [0.4, 0.5) is 0 Å². The Morgan fingerprint density at radius 3 is 3.00 bits per heavy atom. The van der Waals surface area contributed by atoms with Gasteiger partial charge in [-0.3, -0.25) is 0 Å². The zero-order valence-electron chi connectivity index (χ0n) is 7.29. The molecule has 0 atom stereocenters. The lowest BCUT2D eigenvalue weighted by Crippen LogP contribution is -2.07. The van der Waals surface area contributed by atoms with E-state index < -0.39 is 5.97 Å². The molecule has 0 aliphatic rings. The molecule has 13 heavy (non-hydrogen) atoms. The van der Waals surface area contributed by atoms with Gasteiger partial charge in [-0.2, -0.15) is 0 Å². The van der Waals surface area contributed by atoms with Crippen LogP contribution in [-0.4, -0.2) is 17.6 Å². The standard InChI is InChI=1S/C9H10ClNO2/c1-2-6-13-9(12)7-4-3-5-8(10)11-7/h3-5H,2,6H2,1H3. The summed E-state index contributed by atoms with van der Waals surface area (Å²) in [5.41, 5.74) is 0.251. The first-order valence-electron chi connectivity index (χ1n) is 4.03. The van der Waals surface area contributed by atoms with Crippen LogP contribution in [0.5, 0.6) is 0 Å². The van der Waals surface area contributed by atoms with Crippen LogP contribution in [0.3, 0.4) is 0 Å². The van der Waals surface area contributed by atoms with Crippen molar-refractivity contribution in [1.29, 1.82) is 0 Å². The molecule has 0 bridgehead atoms. The highest BCUT2D eigenvalue weighted by Gasteiger charge is 2.07. The van der Waals surface area contributed by atoms with Crippen LogP contribution in [0.15, 0.2) is 18.2 Å². The molecule has 1 aromatic heterocycles. The van der Waals surface area contributed by atoms with Crippen molar-refractivity contribution in [2.45, 2.75) is 13.3 Å². The largest absolute Gasteiger partial charge is 0.461 e. The summed E-state index contributed by atoms with van der Waals surface area (Å²) >= 11 is 5.60. The zero-order valence-corrected chi connectivity index (χ0v) is 8.04. The highest BCUT2D eigenvalue weighted by molar-refractivity contribution is 6.29. The Balaban J connectivity index is 2.66. The Bertz CT molecular complexity index is 301. The molecule has 1 rings (SSSR count). The molecule has 0 spiro atoms. The van der Waals surface area contributed by atoms with Gasteiger partial charge in [-0.25, -0.2) is 9.78 Å². The quantitative estimate of drug-likeness (QED) is 0.554. The minimum absolute atomic E-state index is 0.251. The average molecular weight is 200 g/mol. The summed E-state index contributed by atoms with van der Waals surface area (Å²) in [6.45, 7) is 2.34. The van der Waals surface area contributed by atoms with Crippen molar-refractivity contribution >= 4 is 17.6 Å². The van der Waals surface area contributed by atoms with Gasteiger partial charge in [-0.15, -0.1) is 0 Å². The van der Waals surface area contributed by atoms with Gasteiger partial charge in [0.1, 0.15) is 10.8 Å². The third-order valence-corrected chi connectivity index (χ3v) is 1.57. The van der Waals surface area contributed by atoms with E-state index in [9.17, 15) is 4.79 Å². The number of aromatic nitrogens is 1. The van der Waals surface area contributed by atoms with Crippen molar-refractivity contribution in [3.8, 4) is 0 Å². The molecule has 0 amide bonds. The Morgan fingerprint density at radius 1 is 1.62 bits per heavy atom. The number of halogens is 1. The Kier molecular flexibility index (Phi) is 3.71. The number of rotatable bonds is 3. The molecule has 0 aromatic carbocycles. The van der Waals surface area contributed by atoms with Gasteiger partial charge >= 0.3 is 5.97 Å². The van der Waals surface area contributed by atoms with Crippen LogP contribution in [0.1, 0.15) is 23.8 Å². The highest BCUT2D eigenvalue weighted by atomic mass is 35.5. The molecule has 0 radical (unpaired) electrons. The van der Waals surface area contributed by atoms with E-state index in [4.69, 9.17) is 16.3 Å². The molecular formula is C9H10ClNO2. The van der Waals surface area contributed by atoms with Crippen molar-refractivity contribution in [3.05, 3.63) is 29.0 Å². The normalized spacial score (nSPS) is 9.69. The van der Waals surface area contributed by atoms with Crippen molar-refractivity contribution < 1.29 is 9.53 Å². The molecule has 0 fully saturated rings. The number of carbonyl (C=O) groups excluding carboxylic acids is 1. The first-order chi connectivity index (χ1) is 6.24. The topological polar surface area (TPSA) is 39.2 Å². The second-order valence-electron chi connectivity index (χ2n) is 2.48. The summed E-state index contributed by atoms with van der Waals surface area (Å²) in [6.07, 6.45) is 0.798. The molecule has 70 valence electrons. The maximum Gasteiger partial charge on any atom is 0.356 e. The van der Waals surface area contributed by atoms with E-state index in [-0.39, 0.29) is 5.69 Å². The van der Waals surface area contributed by atoms with E-state index in [2.05, 4.69) is 4.98 Å². The molecule has 1 aromatic rings. The molecule has 1 heterocycles. The maximum absolute atomic E-state index is 11.2. The van der Waals surface area contributed by atoms with Crippen LogP contribution < -0.4 is 0 Å². The third kappa shape index (κ3) is 3.03. The van der Waals surface area contributed by atoms with Crippen molar-refractivity contribution in [1.82, 2.24) is 4.98 Å². The summed E-state index contributed by atoms with van der Waals surface area (Å²) in [7, 11) is 0. The molecule has 0 aliphatic carbocycles. The molecule has 0 N–H and O–H groups in total. The van der Waals surface area contributed by atoms with Gasteiger partial charge in [-0.1, -0.05) is 24.6 Å². The van der Waals surface area contributed by atoms with Gasteiger partial charge in [0.25, 0.3) is 0 Å². The SMILES string of the molecule is CCCOC(=O)c1cccc(Cl)n1. The van der Waals surface area contributed by atoms with E-state index in [0.717, 1.165) is 6.42 Å². The van der Waals surface area contributed by atoms with Gasteiger partial charge in [0.15, 0.2) is 0 Å². The first kappa shape index (κ1) is 9.99. The smallest absolute Gasteiger partial charge is 0.356 e.